The fraction of sp³-hybridized carbons (Fsp3) is 0.263. The number of methoxy groups -OCH3 is 1. The molecule has 0 saturated carbocycles. The number of benzene rings is 2. The zero-order valence-electron chi connectivity index (χ0n) is 14.1. The molecule has 1 aliphatic rings. The number of nitrogens with one attached hydrogen (secondary N) is 2. The molecule has 2 N–H and O–H groups in total. The summed E-state index contributed by atoms with van der Waals surface area (Å²) in [5.41, 5.74) is 1.95. The molecule has 0 aromatic heterocycles. The molecule has 2 aromatic rings. The van der Waals surface area contributed by atoms with E-state index in [1.54, 1.807) is 7.11 Å². The number of carbonyl (C=O) groups is 2. The van der Waals surface area contributed by atoms with Crippen LogP contribution in [-0.2, 0) is 14.3 Å². The van der Waals surface area contributed by atoms with E-state index in [2.05, 4.69) is 26.6 Å². The van der Waals surface area contributed by atoms with Crippen molar-refractivity contribution in [2.24, 2.45) is 0 Å². The average Bonchev–Trinajstić information content (AvgIpc) is 2.90. The van der Waals surface area contributed by atoms with Gasteiger partial charge in [0.1, 0.15) is 5.82 Å². The maximum Gasteiger partial charge on any atom is 0.232 e. The van der Waals surface area contributed by atoms with Crippen molar-refractivity contribution >= 4 is 33.4 Å². The van der Waals surface area contributed by atoms with Crippen molar-refractivity contribution in [2.75, 3.05) is 19.0 Å². The van der Waals surface area contributed by atoms with E-state index >= 15 is 0 Å². The minimum absolute atomic E-state index is 0.0590. The van der Waals surface area contributed by atoms with E-state index < -0.39 is 11.7 Å². The van der Waals surface area contributed by atoms with Gasteiger partial charge in [-0.15, -0.1) is 0 Å². The van der Waals surface area contributed by atoms with Crippen molar-refractivity contribution in [3.63, 3.8) is 0 Å². The van der Waals surface area contributed by atoms with Gasteiger partial charge in [0.25, 0.3) is 0 Å². The van der Waals surface area contributed by atoms with Crippen LogP contribution >= 0.6 is 15.9 Å². The number of amides is 2. The lowest BCUT2D eigenvalue weighted by Crippen LogP contribution is -2.33. The van der Waals surface area contributed by atoms with Gasteiger partial charge in [-0.05, 0) is 41.5 Å². The lowest BCUT2D eigenvalue weighted by molar-refractivity contribution is -0.126. The first kappa shape index (κ1) is 18.5. The molecule has 0 bridgehead atoms. The van der Waals surface area contributed by atoms with Gasteiger partial charge in [0.2, 0.25) is 11.8 Å². The first-order valence-corrected chi connectivity index (χ1v) is 8.91. The Morgan fingerprint density at radius 1 is 1.35 bits per heavy atom. The van der Waals surface area contributed by atoms with E-state index in [-0.39, 0.29) is 24.3 Å². The molecule has 0 aliphatic carbocycles. The van der Waals surface area contributed by atoms with Gasteiger partial charge in [-0.2, -0.15) is 0 Å². The molecule has 1 aliphatic heterocycles. The van der Waals surface area contributed by atoms with Crippen LogP contribution in [0.3, 0.4) is 0 Å². The van der Waals surface area contributed by atoms with Crippen molar-refractivity contribution in [2.45, 2.75) is 18.4 Å². The highest BCUT2D eigenvalue weighted by Gasteiger charge is 2.33. The summed E-state index contributed by atoms with van der Waals surface area (Å²) >= 11 is 3.41. The van der Waals surface area contributed by atoms with E-state index in [4.69, 9.17) is 4.74 Å². The fourth-order valence-electron chi connectivity index (χ4n) is 3.05. The summed E-state index contributed by atoms with van der Waals surface area (Å²) < 4.78 is 19.6. The topological polar surface area (TPSA) is 67.4 Å². The number of rotatable bonds is 6. The van der Waals surface area contributed by atoms with Crippen LogP contribution in [0.15, 0.2) is 46.9 Å². The van der Waals surface area contributed by atoms with Crippen LogP contribution in [0.1, 0.15) is 29.5 Å². The number of hydrogen-bond acceptors (Lipinski definition) is 3. The second-order valence-corrected chi connectivity index (χ2v) is 7.02. The first-order chi connectivity index (χ1) is 12.5. The van der Waals surface area contributed by atoms with E-state index in [1.165, 1.54) is 18.2 Å². The summed E-state index contributed by atoms with van der Waals surface area (Å²) in [6.45, 7) is 0.296. The molecule has 0 radical (unpaired) electrons. The van der Waals surface area contributed by atoms with E-state index in [0.29, 0.717) is 17.9 Å². The maximum absolute atomic E-state index is 13.5. The summed E-state index contributed by atoms with van der Waals surface area (Å²) in [4.78, 5) is 24.7. The Morgan fingerprint density at radius 2 is 2.15 bits per heavy atom. The monoisotopic (exact) mass is 420 g/mol. The number of anilines is 1. The Bertz CT molecular complexity index is 843. The lowest BCUT2D eigenvalue weighted by Gasteiger charge is -2.19. The van der Waals surface area contributed by atoms with Crippen molar-refractivity contribution in [1.29, 1.82) is 0 Å². The summed E-state index contributed by atoms with van der Waals surface area (Å²) in [5.74, 6) is -1.74. The van der Waals surface area contributed by atoms with E-state index in [0.717, 1.165) is 10.0 Å². The van der Waals surface area contributed by atoms with Crippen molar-refractivity contribution in [1.82, 2.24) is 5.32 Å². The highest BCUT2D eigenvalue weighted by Crippen LogP contribution is 2.35. The minimum atomic E-state index is -0.702. The molecule has 0 saturated heterocycles. The molecule has 0 fully saturated rings. The van der Waals surface area contributed by atoms with E-state index in [1.807, 2.05) is 24.3 Å². The van der Waals surface area contributed by atoms with Gasteiger partial charge in [-0.25, -0.2) is 4.39 Å². The van der Waals surface area contributed by atoms with Gasteiger partial charge in [0.05, 0.1) is 18.6 Å². The van der Waals surface area contributed by atoms with Crippen LogP contribution in [0.25, 0.3) is 0 Å². The summed E-state index contributed by atoms with van der Waals surface area (Å²) in [6, 6.07) is 11.3. The third-order valence-electron chi connectivity index (χ3n) is 4.27. The quantitative estimate of drug-likeness (QED) is 0.750. The normalized spacial score (nSPS) is 16.7. The third kappa shape index (κ3) is 4.11. The summed E-state index contributed by atoms with van der Waals surface area (Å²) in [5, 5.41) is 5.58. The van der Waals surface area contributed by atoms with Crippen LogP contribution in [-0.4, -0.2) is 25.5 Å². The van der Waals surface area contributed by atoms with Gasteiger partial charge < -0.3 is 15.4 Å². The van der Waals surface area contributed by atoms with Crippen LogP contribution in [0.5, 0.6) is 0 Å². The third-order valence-corrected chi connectivity index (χ3v) is 4.77. The Morgan fingerprint density at radius 3 is 2.88 bits per heavy atom. The molecular formula is C19H18BrFN2O3. The molecule has 3 rings (SSSR count). The molecule has 2 aromatic carbocycles. The minimum Gasteiger partial charge on any atom is -0.382 e. The largest absolute Gasteiger partial charge is 0.382 e. The Labute approximate surface area is 159 Å². The van der Waals surface area contributed by atoms with Gasteiger partial charge in [0, 0.05) is 23.7 Å². The molecule has 0 spiro atoms. The number of halogens is 2. The Hall–Kier alpha value is -2.25. The zero-order chi connectivity index (χ0) is 18.7. The second kappa shape index (κ2) is 7.97. The predicted molar refractivity (Wildman–Crippen MR) is 99.3 cm³/mol. The number of fused-ring (bicyclic) bond motifs is 1. The molecule has 0 unspecified atom stereocenters. The highest BCUT2D eigenvalue weighted by atomic mass is 79.9. The molecule has 26 heavy (non-hydrogen) atoms. The molecule has 2 atom stereocenters. The summed E-state index contributed by atoms with van der Waals surface area (Å²) in [7, 11) is 1.56. The van der Waals surface area contributed by atoms with Gasteiger partial charge in [-0.1, -0.05) is 28.1 Å². The maximum atomic E-state index is 13.5. The van der Waals surface area contributed by atoms with Crippen LogP contribution in [0.4, 0.5) is 10.1 Å². The SMILES string of the molecule is COC[C@H](NC(=O)C[C@@H]1C(=O)Nc2ccc(F)cc21)c1cccc(Br)c1. The molecular weight excluding hydrogens is 403 g/mol. The first-order valence-electron chi connectivity index (χ1n) is 8.12. The van der Waals surface area contributed by atoms with Gasteiger partial charge >= 0.3 is 0 Å². The Kier molecular flexibility index (Phi) is 5.68. The molecule has 5 nitrogen and oxygen atoms in total. The van der Waals surface area contributed by atoms with Crippen LogP contribution in [0.2, 0.25) is 0 Å². The fourth-order valence-corrected chi connectivity index (χ4v) is 3.47. The molecule has 136 valence electrons. The van der Waals surface area contributed by atoms with Crippen molar-refractivity contribution in [3.8, 4) is 0 Å². The smallest absolute Gasteiger partial charge is 0.232 e. The number of hydrogen-bond donors (Lipinski definition) is 2. The predicted octanol–water partition coefficient (Wildman–Crippen LogP) is 3.52. The van der Waals surface area contributed by atoms with Crippen molar-refractivity contribution in [3.05, 3.63) is 63.9 Å². The van der Waals surface area contributed by atoms with Crippen LogP contribution < -0.4 is 10.6 Å². The molecule has 7 heteroatoms. The van der Waals surface area contributed by atoms with Gasteiger partial charge in [0.15, 0.2) is 0 Å². The number of ether oxygens (including phenoxy) is 1. The molecule has 1 heterocycles. The molecule has 2 amide bonds. The number of carbonyl (C=O) groups excluding carboxylic acids is 2. The Balaban J connectivity index is 1.73. The summed E-state index contributed by atoms with van der Waals surface area (Å²) in [6.07, 6.45) is -0.0590. The van der Waals surface area contributed by atoms with Crippen LogP contribution in [0, 0.1) is 5.82 Å². The lowest BCUT2D eigenvalue weighted by atomic mass is 9.96. The van der Waals surface area contributed by atoms with Gasteiger partial charge in [-0.3, -0.25) is 9.59 Å². The zero-order valence-corrected chi connectivity index (χ0v) is 15.7. The highest BCUT2D eigenvalue weighted by molar-refractivity contribution is 9.10. The standard InChI is InChI=1S/C19H18BrFN2O3/c1-26-10-17(11-3-2-4-12(20)7-11)22-18(24)9-15-14-8-13(21)5-6-16(14)23-19(15)25/h2-8,15,17H,9-10H2,1H3,(H,22,24)(H,23,25)/t15-,17-/m0/s1. The van der Waals surface area contributed by atoms with E-state index in [9.17, 15) is 14.0 Å². The second-order valence-electron chi connectivity index (χ2n) is 6.11. The van der Waals surface area contributed by atoms with Crippen molar-refractivity contribution < 1.29 is 18.7 Å². The average molecular weight is 421 g/mol.